The van der Waals surface area contributed by atoms with Gasteiger partial charge in [-0.15, -0.1) is 0 Å². The largest absolute Gasteiger partial charge is 0.497 e. The molecule has 4 rings (SSSR count). The molecule has 0 radical (unpaired) electrons. The van der Waals surface area contributed by atoms with Crippen LogP contribution in [0, 0.1) is 11.3 Å². The summed E-state index contributed by atoms with van der Waals surface area (Å²) in [6.45, 7) is -0.941. The van der Waals surface area contributed by atoms with Crippen molar-refractivity contribution in [2.45, 2.75) is 0 Å². The third kappa shape index (κ3) is 6.12. The molecule has 3 aromatic carbocycles. The van der Waals surface area contributed by atoms with Gasteiger partial charge < -0.3 is 23.4 Å². The monoisotopic (exact) mass is 512 g/mol. The molecule has 0 fully saturated rings. The molecule has 192 valence electrons. The Morgan fingerprint density at radius 3 is 2.00 bits per heavy atom. The van der Waals surface area contributed by atoms with E-state index in [9.17, 15) is 14.9 Å². The van der Waals surface area contributed by atoms with E-state index >= 15 is 0 Å². The smallest absolute Gasteiger partial charge is 0.344 e. The van der Waals surface area contributed by atoms with Gasteiger partial charge >= 0.3 is 5.97 Å². The molecule has 1 N–H and O–H groups in total. The van der Waals surface area contributed by atoms with Crippen LogP contribution >= 0.6 is 0 Å². The number of methoxy groups -OCH3 is 2. The number of hydrogen-bond donors (Lipinski definition) is 1. The molecule has 0 saturated carbocycles. The number of carbonyl (C=O) groups is 2. The van der Waals surface area contributed by atoms with E-state index in [1.807, 2.05) is 6.07 Å². The Morgan fingerprint density at radius 2 is 1.42 bits per heavy atom. The van der Waals surface area contributed by atoms with Gasteiger partial charge in [0.1, 0.15) is 34.6 Å². The van der Waals surface area contributed by atoms with Gasteiger partial charge in [0.05, 0.1) is 14.2 Å². The molecule has 1 amide bonds. The normalized spacial score (nSPS) is 10.2. The van der Waals surface area contributed by atoms with Crippen LogP contribution in [0.3, 0.4) is 0 Å². The number of nitriles is 1. The zero-order chi connectivity index (χ0) is 26.9. The van der Waals surface area contributed by atoms with Crippen LogP contribution in [0.25, 0.3) is 22.5 Å². The van der Waals surface area contributed by atoms with Crippen LogP contribution in [0.15, 0.2) is 83.3 Å². The Balaban J connectivity index is 1.55. The molecule has 1 aromatic heterocycles. The van der Waals surface area contributed by atoms with Crippen molar-refractivity contribution < 1.29 is 33.0 Å². The third-order valence-corrected chi connectivity index (χ3v) is 5.47. The minimum absolute atomic E-state index is 0.0641. The van der Waals surface area contributed by atoms with Crippen LogP contribution in [0.5, 0.6) is 17.2 Å². The van der Waals surface area contributed by atoms with E-state index in [2.05, 4.69) is 11.4 Å². The average Bonchev–Trinajstić information content (AvgIpc) is 3.33. The Morgan fingerprint density at radius 1 is 0.816 bits per heavy atom. The van der Waals surface area contributed by atoms with Crippen molar-refractivity contribution in [3.05, 3.63) is 84.4 Å². The Kier molecular flexibility index (Phi) is 8.26. The summed E-state index contributed by atoms with van der Waals surface area (Å²) < 4.78 is 26.8. The van der Waals surface area contributed by atoms with Crippen molar-refractivity contribution in [3.63, 3.8) is 0 Å². The number of nitrogens with zero attached hydrogens (tertiary/aromatic N) is 1. The number of esters is 1. The van der Waals surface area contributed by atoms with Gasteiger partial charge in [-0.25, -0.2) is 4.79 Å². The van der Waals surface area contributed by atoms with Crippen LogP contribution in [-0.2, 0) is 14.3 Å². The van der Waals surface area contributed by atoms with Gasteiger partial charge in [-0.3, -0.25) is 10.1 Å². The number of benzene rings is 3. The van der Waals surface area contributed by atoms with Crippen molar-refractivity contribution in [2.75, 3.05) is 32.8 Å². The number of anilines is 1. The predicted octanol–water partition coefficient (Wildman–Crippen LogP) is 5.06. The first-order valence-corrected chi connectivity index (χ1v) is 11.5. The first-order valence-electron chi connectivity index (χ1n) is 11.5. The molecule has 0 unspecified atom stereocenters. The van der Waals surface area contributed by atoms with E-state index < -0.39 is 18.5 Å². The van der Waals surface area contributed by atoms with E-state index in [4.69, 9.17) is 23.4 Å². The van der Waals surface area contributed by atoms with Crippen molar-refractivity contribution in [3.8, 4) is 45.8 Å². The lowest BCUT2D eigenvalue weighted by molar-refractivity contribution is -0.149. The lowest BCUT2D eigenvalue weighted by Gasteiger charge is -2.07. The van der Waals surface area contributed by atoms with Crippen molar-refractivity contribution in [1.29, 1.82) is 5.26 Å². The molecule has 9 heteroatoms. The van der Waals surface area contributed by atoms with E-state index in [1.165, 1.54) is 0 Å². The summed E-state index contributed by atoms with van der Waals surface area (Å²) in [7, 11) is 3.12. The topological polar surface area (TPSA) is 120 Å². The van der Waals surface area contributed by atoms with Crippen LogP contribution in [-0.4, -0.2) is 39.3 Å². The van der Waals surface area contributed by atoms with Gasteiger partial charge in [0.25, 0.3) is 5.91 Å². The molecule has 0 aliphatic heterocycles. The molecular formula is C29H24N2O7. The summed E-state index contributed by atoms with van der Waals surface area (Å²) in [5.74, 6) is 0.711. The number of ether oxygens (including phenoxy) is 4. The second kappa shape index (κ2) is 12.1. The van der Waals surface area contributed by atoms with Gasteiger partial charge in [0.15, 0.2) is 13.2 Å². The van der Waals surface area contributed by atoms with Crippen molar-refractivity contribution in [1.82, 2.24) is 0 Å². The van der Waals surface area contributed by atoms with Crippen LogP contribution in [0.4, 0.5) is 5.88 Å². The van der Waals surface area contributed by atoms with Gasteiger partial charge in [0, 0.05) is 11.1 Å². The van der Waals surface area contributed by atoms with Crippen LogP contribution < -0.4 is 19.5 Å². The van der Waals surface area contributed by atoms with E-state index in [1.54, 1.807) is 87.0 Å². The first-order chi connectivity index (χ1) is 18.5. The van der Waals surface area contributed by atoms with E-state index in [0.717, 1.165) is 0 Å². The maximum atomic E-state index is 12.6. The molecule has 0 aliphatic carbocycles. The lowest BCUT2D eigenvalue weighted by Crippen LogP contribution is -2.23. The summed E-state index contributed by atoms with van der Waals surface area (Å²) in [6, 6.07) is 25.1. The highest BCUT2D eigenvalue weighted by atomic mass is 16.6. The molecule has 1 heterocycles. The number of nitrogens with one attached hydrogen (secondary N) is 1. The lowest BCUT2D eigenvalue weighted by atomic mass is 9.98. The van der Waals surface area contributed by atoms with Gasteiger partial charge in [0.2, 0.25) is 5.88 Å². The number of amides is 1. The summed E-state index contributed by atoms with van der Waals surface area (Å²) in [5.41, 5.74) is 1.96. The quantitative estimate of drug-likeness (QED) is 0.293. The van der Waals surface area contributed by atoms with Gasteiger partial charge in [-0.2, -0.15) is 5.26 Å². The Labute approximate surface area is 219 Å². The number of rotatable bonds is 10. The maximum absolute atomic E-state index is 12.6. The number of para-hydroxylation sites is 1. The molecule has 4 aromatic rings. The summed E-state index contributed by atoms with van der Waals surface area (Å²) >= 11 is 0. The molecule has 0 aliphatic rings. The average molecular weight is 513 g/mol. The van der Waals surface area contributed by atoms with Crippen LogP contribution in [0.2, 0.25) is 0 Å². The number of carbonyl (C=O) groups excluding carboxylic acids is 2. The second-order valence-electron chi connectivity index (χ2n) is 7.89. The zero-order valence-electron chi connectivity index (χ0n) is 20.7. The Bertz CT molecular complexity index is 1440. The van der Waals surface area contributed by atoms with Crippen molar-refractivity contribution >= 4 is 17.8 Å². The van der Waals surface area contributed by atoms with Crippen molar-refractivity contribution in [2.24, 2.45) is 0 Å². The molecule has 38 heavy (non-hydrogen) atoms. The summed E-state index contributed by atoms with van der Waals surface area (Å²) in [4.78, 5) is 24.6. The molecule has 0 spiro atoms. The highest BCUT2D eigenvalue weighted by molar-refractivity contribution is 5.96. The SMILES string of the molecule is COc1ccc(-c2oc(NC(=O)COC(=O)COc3ccccc3)c(C#N)c2-c2ccc(OC)cc2)cc1. The molecular weight excluding hydrogens is 488 g/mol. The fourth-order valence-electron chi connectivity index (χ4n) is 3.61. The summed E-state index contributed by atoms with van der Waals surface area (Å²) in [5, 5.41) is 12.5. The standard InChI is InChI=1S/C29H24N2O7/c1-34-21-12-8-19(9-13-21)27-24(16-30)29(38-28(27)20-10-14-22(35-2)15-11-20)31-25(32)17-37-26(33)18-36-23-6-4-3-5-7-23/h3-15H,17-18H2,1-2H3,(H,31,32). The van der Waals surface area contributed by atoms with Crippen LogP contribution in [0.1, 0.15) is 5.56 Å². The van der Waals surface area contributed by atoms with Gasteiger partial charge in [-0.1, -0.05) is 30.3 Å². The van der Waals surface area contributed by atoms with E-state index in [0.29, 0.717) is 39.7 Å². The minimum Gasteiger partial charge on any atom is -0.497 e. The second-order valence-corrected chi connectivity index (χ2v) is 7.89. The minimum atomic E-state index is -0.721. The maximum Gasteiger partial charge on any atom is 0.344 e. The summed E-state index contributed by atoms with van der Waals surface area (Å²) in [6.07, 6.45) is 0. The third-order valence-electron chi connectivity index (χ3n) is 5.47. The molecule has 0 bridgehead atoms. The fraction of sp³-hybridized carbons (Fsp3) is 0.138. The molecule has 0 saturated heterocycles. The molecule has 9 nitrogen and oxygen atoms in total. The van der Waals surface area contributed by atoms with E-state index in [-0.39, 0.29) is 18.1 Å². The fourth-order valence-corrected chi connectivity index (χ4v) is 3.61. The Hall–Kier alpha value is -5.23. The highest BCUT2D eigenvalue weighted by Crippen LogP contribution is 2.42. The highest BCUT2D eigenvalue weighted by Gasteiger charge is 2.25. The predicted molar refractivity (Wildman–Crippen MR) is 139 cm³/mol. The van der Waals surface area contributed by atoms with Gasteiger partial charge in [-0.05, 0) is 54.1 Å². The zero-order valence-corrected chi connectivity index (χ0v) is 20.7. The first kappa shape index (κ1) is 25.9. The number of furan rings is 1. The number of hydrogen-bond acceptors (Lipinski definition) is 8. The molecule has 0 atom stereocenters.